The molecule has 0 aliphatic carbocycles. The predicted octanol–water partition coefficient (Wildman–Crippen LogP) is 1.64. The Balaban J connectivity index is 2.91. The number of hydrogen-bond donors (Lipinski definition) is 2. The van der Waals surface area contributed by atoms with Gasteiger partial charge in [0.15, 0.2) is 0 Å². The predicted molar refractivity (Wildman–Crippen MR) is 88.0 cm³/mol. The van der Waals surface area contributed by atoms with Gasteiger partial charge in [0.1, 0.15) is 0 Å². The fourth-order valence-corrected chi connectivity index (χ4v) is 3.25. The molecule has 124 valence electrons. The Hall–Kier alpha value is -1.44. The third kappa shape index (κ3) is 4.79. The van der Waals surface area contributed by atoms with Crippen LogP contribution < -0.4 is 11.1 Å². The molecule has 0 aromatic heterocycles. The number of nitrogens with one attached hydrogen (secondary N) is 1. The minimum absolute atomic E-state index is 0.113. The molecule has 0 radical (unpaired) electrons. The molecule has 7 heteroatoms. The van der Waals surface area contributed by atoms with Gasteiger partial charge in [-0.3, -0.25) is 4.79 Å². The lowest BCUT2D eigenvalue weighted by molar-refractivity contribution is -0.115. The molecule has 6 nitrogen and oxygen atoms in total. The molecule has 0 heterocycles. The van der Waals surface area contributed by atoms with Gasteiger partial charge in [-0.15, -0.1) is 0 Å². The summed E-state index contributed by atoms with van der Waals surface area (Å²) in [6, 6.07) is 6.16. The lowest BCUT2D eigenvalue weighted by Crippen LogP contribution is -2.39. The van der Waals surface area contributed by atoms with Gasteiger partial charge in [0.25, 0.3) is 0 Å². The summed E-state index contributed by atoms with van der Waals surface area (Å²) in [6.45, 7) is 6.32. The van der Waals surface area contributed by atoms with Gasteiger partial charge in [0.05, 0.1) is 4.90 Å². The fourth-order valence-electron chi connectivity index (χ4n) is 1.89. The van der Waals surface area contributed by atoms with Gasteiger partial charge in [-0.2, -0.15) is 0 Å². The Kier molecular flexibility index (Phi) is 6.10. The normalized spacial score (nSPS) is 12.5. The van der Waals surface area contributed by atoms with Gasteiger partial charge in [0.2, 0.25) is 15.9 Å². The highest BCUT2D eigenvalue weighted by atomic mass is 32.2. The van der Waals surface area contributed by atoms with E-state index >= 15 is 0 Å². The molecule has 0 saturated carbocycles. The second kappa shape index (κ2) is 7.21. The van der Waals surface area contributed by atoms with E-state index in [1.807, 2.05) is 13.8 Å². The van der Waals surface area contributed by atoms with E-state index in [0.717, 1.165) is 0 Å². The topological polar surface area (TPSA) is 92.5 Å². The number of rotatable bonds is 7. The van der Waals surface area contributed by atoms with Gasteiger partial charge < -0.3 is 11.1 Å². The van der Waals surface area contributed by atoms with Crippen LogP contribution in [0.2, 0.25) is 0 Å². The number of nitrogens with zero attached hydrogens (tertiary/aromatic N) is 1. The number of anilines is 1. The third-order valence-corrected chi connectivity index (χ3v) is 5.19. The number of carbonyl (C=O) groups excluding carboxylic acids is 1. The molecule has 0 fully saturated rings. The highest BCUT2D eigenvalue weighted by molar-refractivity contribution is 7.89. The van der Waals surface area contributed by atoms with Crippen molar-refractivity contribution in [2.24, 2.45) is 11.1 Å². The van der Waals surface area contributed by atoms with Crippen LogP contribution in [0.1, 0.15) is 27.2 Å². The molecule has 0 spiro atoms. The van der Waals surface area contributed by atoms with Gasteiger partial charge in [-0.05, 0) is 36.2 Å². The molecule has 1 aromatic carbocycles. The molecule has 3 N–H and O–H groups in total. The third-order valence-electron chi connectivity index (χ3n) is 3.37. The highest BCUT2D eigenvalue weighted by Gasteiger charge is 2.27. The minimum Gasteiger partial charge on any atom is -0.330 e. The Bertz CT molecular complexity index is 609. The van der Waals surface area contributed by atoms with E-state index in [-0.39, 0.29) is 16.2 Å². The van der Waals surface area contributed by atoms with Crippen LogP contribution in [0, 0.1) is 5.41 Å². The molecule has 0 bridgehead atoms. The minimum atomic E-state index is -3.57. The van der Waals surface area contributed by atoms with E-state index in [4.69, 9.17) is 5.73 Å². The first-order valence-corrected chi connectivity index (χ1v) is 8.63. The van der Waals surface area contributed by atoms with Gasteiger partial charge in [0, 0.05) is 25.7 Å². The number of amides is 1. The summed E-state index contributed by atoms with van der Waals surface area (Å²) >= 11 is 0. The molecule has 1 rings (SSSR count). The largest absolute Gasteiger partial charge is 0.330 e. The number of hydrogen-bond acceptors (Lipinski definition) is 4. The van der Waals surface area contributed by atoms with Gasteiger partial charge in [-0.25, -0.2) is 12.7 Å². The highest BCUT2D eigenvalue weighted by Crippen LogP contribution is 2.21. The van der Waals surface area contributed by atoms with E-state index in [0.29, 0.717) is 25.2 Å². The molecular weight excluding hydrogens is 302 g/mol. The SMILES string of the molecule is CCC(=O)Nc1ccc(S(=O)(=O)N(C)CC(C)(C)CN)cc1. The van der Waals surface area contributed by atoms with E-state index in [2.05, 4.69) is 5.32 Å². The average molecular weight is 327 g/mol. The number of benzene rings is 1. The number of sulfonamides is 1. The summed E-state index contributed by atoms with van der Waals surface area (Å²) in [5, 5.41) is 2.68. The van der Waals surface area contributed by atoms with Crippen molar-refractivity contribution in [1.82, 2.24) is 4.31 Å². The van der Waals surface area contributed by atoms with E-state index in [9.17, 15) is 13.2 Å². The van der Waals surface area contributed by atoms with Crippen molar-refractivity contribution >= 4 is 21.6 Å². The quantitative estimate of drug-likeness (QED) is 0.796. The maximum Gasteiger partial charge on any atom is 0.242 e. The second-order valence-electron chi connectivity index (χ2n) is 6.06. The average Bonchev–Trinajstić information content (AvgIpc) is 2.47. The van der Waals surface area contributed by atoms with Crippen LogP contribution in [0.3, 0.4) is 0 Å². The van der Waals surface area contributed by atoms with Crippen molar-refractivity contribution in [3.63, 3.8) is 0 Å². The zero-order valence-electron chi connectivity index (χ0n) is 13.6. The van der Waals surface area contributed by atoms with Crippen LogP contribution in [-0.4, -0.2) is 38.8 Å². The van der Waals surface area contributed by atoms with Crippen LogP contribution in [0.5, 0.6) is 0 Å². The number of nitrogens with two attached hydrogens (primary N) is 1. The van der Waals surface area contributed by atoms with Crippen molar-refractivity contribution in [2.75, 3.05) is 25.5 Å². The molecule has 0 atom stereocenters. The molecule has 0 aliphatic heterocycles. The molecule has 0 unspecified atom stereocenters. The van der Waals surface area contributed by atoms with E-state index < -0.39 is 10.0 Å². The molecule has 0 aliphatic rings. The lowest BCUT2D eigenvalue weighted by Gasteiger charge is -2.28. The van der Waals surface area contributed by atoms with Crippen LogP contribution in [0.25, 0.3) is 0 Å². The molecule has 1 amide bonds. The fraction of sp³-hybridized carbons (Fsp3) is 0.533. The summed E-state index contributed by atoms with van der Waals surface area (Å²) in [7, 11) is -2.03. The lowest BCUT2D eigenvalue weighted by atomic mass is 9.94. The first-order valence-electron chi connectivity index (χ1n) is 7.18. The summed E-state index contributed by atoms with van der Waals surface area (Å²) in [5.74, 6) is -0.113. The zero-order valence-corrected chi connectivity index (χ0v) is 14.4. The van der Waals surface area contributed by atoms with Crippen LogP contribution >= 0.6 is 0 Å². The van der Waals surface area contributed by atoms with Gasteiger partial charge >= 0.3 is 0 Å². The second-order valence-corrected chi connectivity index (χ2v) is 8.10. The standard InChI is InChI=1S/C15H25N3O3S/c1-5-14(19)17-12-6-8-13(9-7-12)22(20,21)18(4)11-15(2,3)10-16/h6-9H,5,10-11,16H2,1-4H3,(H,17,19). The van der Waals surface area contributed by atoms with E-state index in [1.54, 1.807) is 26.1 Å². The van der Waals surface area contributed by atoms with Gasteiger partial charge in [-0.1, -0.05) is 20.8 Å². The first kappa shape index (κ1) is 18.6. The van der Waals surface area contributed by atoms with Crippen molar-refractivity contribution in [2.45, 2.75) is 32.1 Å². The van der Waals surface area contributed by atoms with E-state index in [1.165, 1.54) is 16.4 Å². The Morgan fingerprint density at radius 2 is 1.82 bits per heavy atom. The maximum absolute atomic E-state index is 12.5. The van der Waals surface area contributed by atoms with Crippen LogP contribution in [0.4, 0.5) is 5.69 Å². The number of carbonyl (C=O) groups is 1. The summed E-state index contributed by atoms with van der Waals surface area (Å²) < 4.78 is 26.3. The monoisotopic (exact) mass is 327 g/mol. The molecular formula is C15H25N3O3S. The van der Waals surface area contributed by atoms with Crippen LogP contribution in [-0.2, 0) is 14.8 Å². The summed E-state index contributed by atoms with van der Waals surface area (Å²) in [4.78, 5) is 11.5. The zero-order chi connectivity index (χ0) is 17.0. The summed E-state index contributed by atoms with van der Waals surface area (Å²) in [6.07, 6.45) is 0.372. The van der Waals surface area contributed by atoms with Crippen molar-refractivity contribution in [1.29, 1.82) is 0 Å². The van der Waals surface area contributed by atoms with Crippen molar-refractivity contribution < 1.29 is 13.2 Å². The Morgan fingerprint density at radius 1 is 1.27 bits per heavy atom. The molecule has 1 aromatic rings. The Labute approximate surface area is 132 Å². The van der Waals surface area contributed by atoms with Crippen molar-refractivity contribution in [3.8, 4) is 0 Å². The smallest absolute Gasteiger partial charge is 0.242 e. The van der Waals surface area contributed by atoms with Crippen molar-refractivity contribution in [3.05, 3.63) is 24.3 Å². The Morgan fingerprint density at radius 3 is 2.27 bits per heavy atom. The maximum atomic E-state index is 12.5. The first-order chi connectivity index (χ1) is 10.1. The van der Waals surface area contributed by atoms with Crippen LogP contribution in [0.15, 0.2) is 29.2 Å². The summed E-state index contributed by atoms with van der Waals surface area (Å²) in [5.41, 5.74) is 5.94. The molecule has 22 heavy (non-hydrogen) atoms. The molecule has 0 saturated heterocycles.